The quantitative estimate of drug-likeness (QED) is 0.802. The molecule has 0 aromatic heterocycles. The van der Waals surface area contributed by atoms with Crippen molar-refractivity contribution in [1.82, 2.24) is 0 Å². The van der Waals surface area contributed by atoms with Crippen LogP contribution >= 0.6 is 11.6 Å². The van der Waals surface area contributed by atoms with Crippen molar-refractivity contribution in [3.05, 3.63) is 23.0 Å². The van der Waals surface area contributed by atoms with Gasteiger partial charge in [0.25, 0.3) is 0 Å². The minimum absolute atomic E-state index is 0.00267. The summed E-state index contributed by atoms with van der Waals surface area (Å²) >= 11 is 5.54. The van der Waals surface area contributed by atoms with E-state index in [-0.39, 0.29) is 5.02 Å². The van der Waals surface area contributed by atoms with Crippen molar-refractivity contribution in [1.29, 1.82) is 0 Å². The predicted octanol–water partition coefficient (Wildman–Crippen LogP) is 1.85. The van der Waals surface area contributed by atoms with Crippen LogP contribution in [0.1, 0.15) is 0 Å². The van der Waals surface area contributed by atoms with Crippen molar-refractivity contribution in [3.63, 3.8) is 0 Å². The van der Waals surface area contributed by atoms with Crippen molar-refractivity contribution >= 4 is 33.8 Å². The van der Waals surface area contributed by atoms with Crippen molar-refractivity contribution in [3.8, 4) is 0 Å². The average molecular weight is 251 g/mol. The molecule has 0 aliphatic carbocycles. The van der Waals surface area contributed by atoms with Gasteiger partial charge in [-0.05, 0) is 6.07 Å². The fourth-order valence-electron chi connectivity index (χ4n) is 1.04. The van der Waals surface area contributed by atoms with Crippen LogP contribution < -0.4 is 11.1 Å². The summed E-state index contributed by atoms with van der Waals surface area (Å²) in [6.07, 6.45) is 1.60. The van der Waals surface area contributed by atoms with Crippen LogP contribution in [0.15, 0.2) is 12.1 Å². The molecule has 6 heteroatoms. The third kappa shape index (κ3) is 3.68. The zero-order valence-electron chi connectivity index (χ0n) is 8.22. The molecule has 1 atom stereocenters. The molecule has 1 aromatic carbocycles. The van der Waals surface area contributed by atoms with Crippen LogP contribution in [-0.2, 0) is 10.8 Å². The second-order valence-corrected chi connectivity index (χ2v) is 5.02. The normalized spacial score (nSPS) is 12.5. The molecular formula is C9H12ClFN2OS. The second kappa shape index (κ2) is 5.32. The lowest BCUT2D eigenvalue weighted by Gasteiger charge is -2.09. The summed E-state index contributed by atoms with van der Waals surface area (Å²) in [5.74, 6) is -0.0325. The monoisotopic (exact) mass is 250 g/mol. The highest BCUT2D eigenvalue weighted by molar-refractivity contribution is 7.84. The largest absolute Gasteiger partial charge is 0.397 e. The van der Waals surface area contributed by atoms with E-state index in [4.69, 9.17) is 17.3 Å². The number of hydrogen-bond acceptors (Lipinski definition) is 3. The van der Waals surface area contributed by atoms with Crippen LogP contribution in [0, 0.1) is 5.82 Å². The Morgan fingerprint density at radius 2 is 2.27 bits per heavy atom. The Labute approximate surface area is 95.3 Å². The van der Waals surface area contributed by atoms with Gasteiger partial charge in [0, 0.05) is 35.4 Å². The molecule has 0 radical (unpaired) electrons. The molecule has 0 saturated carbocycles. The first-order valence-electron chi connectivity index (χ1n) is 4.29. The van der Waals surface area contributed by atoms with Gasteiger partial charge in [0.15, 0.2) is 0 Å². The Bertz CT molecular complexity index is 387. The van der Waals surface area contributed by atoms with E-state index < -0.39 is 16.6 Å². The molecular weight excluding hydrogens is 239 g/mol. The lowest BCUT2D eigenvalue weighted by Crippen LogP contribution is -2.11. The van der Waals surface area contributed by atoms with Gasteiger partial charge in [-0.1, -0.05) is 11.6 Å². The van der Waals surface area contributed by atoms with Gasteiger partial charge in [-0.3, -0.25) is 4.21 Å². The minimum Gasteiger partial charge on any atom is -0.397 e. The number of rotatable bonds is 4. The van der Waals surface area contributed by atoms with E-state index in [0.717, 1.165) is 0 Å². The van der Waals surface area contributed by atoms with Crippen LogP contribution in [0.2, 0.25) is 5.02 Å². The van der Waals surface area contributed by atoms with E-state index in [9.17, 15) is 8.60 Å². The Kier molecular flexibility index (Phi) is 4.35. The van der Waals surface area contributed by atoms with Gasteiger partial charge in [-0.15, -0.1) is 0 Å². The maximum atomic E-state index is 13.1. The first kappa shape index (κ1) is 12.3. The van der Waals surface area contributed by atoms with Crippen LogP contribution in [0.3, 0.4) is 0 Å². The van der Waals surface area contributed by atoms with E-state index in [0.29, 0.717) is 23.7 Å². The standard InChI is InChI=1S/C9H12ClFN2OS/c1-15(14)3-2-13-9-5-7(11)6(10)4-8(9)12/h4-5,13H,2-3,12H2,1H3. The van der Waals surface area contributed by atoms with Crippen molar-refractivity contribution in [2.75, 3.05) is 29.6 Å². The zero-order chi connectivity index (χ0) is 11.4. The summed E-state index contributed by atoms with van der Waals surface area (Å²) in [7, 11) is -0.879. The van der Waals surface area contributed by atoms with Crippen molar-refractivity contribution in [2.45, 2.75) is 0 Å². The third-order valence-corrected chi connectivity index (χ3v) is 2.87. The minimum atomic E-state index is -0.879. The molecule has 0 spiro atoms. The van der Waals surface area contributed by atoms with E-state index in [1.807, 2.05) is 0 Å². The maximum absolute atomic E-state index is 13.1. The van der Waals surface area contributed by atoms with Gasteiger partial charge >= 0.3 is 0 Å². The molecule has 0 amide bonds. The fraction of sp³-hybridized carbons (Fsp3) is 0.333. The summed E-state index contributed by atoms with van der Waals surface area (Å²) in [6.45, 7) is 0.481. The van der Waals surface area contributed by atoms with E-state index in [1.54, 1.807) is 6.26 Å². The molecule has 0 fully saturated rings. The van der Waals surface area contributed by atoms with E-state index >= 15 is 0 Å². The highest BCUT2D eigenvalue weighted by Crippen LogP contribution is 2.25. The van der Waals surface area contributed by atoms with E-state index in [1.165, 1.54) is 12.1 Å². The number of benzene rings is 1. The highest BCUT2D eigenvalue weighted by Gasteiger charge is 2.05. The molecule has 1 rings (SSSR count). The van der Waals surface area contributed by atoms with Crippen LogP contribution in [0.25, 0.3) is 0 Å². The smallest absolute Gasteiger partial charge is 0.143 e. The molecule has 0 bridgehead atoms. The molecule has 1 aromatic rings. The number of anilines is 2. The maximum Gasteiger partial charge on any atom is 0.143 e. The Hall–Kier alpha value is -0.810. The SMILES string of the molecule is CS(=O)CCNc1cc(F)c(Cl)cc1N. The highest BCUT2D eigenvalue weighted by atomic mass is 35.5. The molecule has 84 valence electrons. The van der Waals surface area contributed by atoms with Gasteiger partial charge in [0.2, 0.25) is 0 Å². The molecule has 0 aliphatic heterocycles. The number of hydrogen-bond donors (Lipinski definition) is 2. The average Bonchev–Trinajstić information content (AvgIpc) is 2.13. The summed E-state index contributed by atoms with van der Waals surface area (Å²) in [5.41, 5.74) is 6.47. The van der Waals surface area contributed by atoms with Gasteiger partial charge in [0.1, 0.15) is 5.82 Å². The van der Waals surface area contributed by atoms with Crippen molar-refractivity contribution < 1.29 is 8.60 Å². The van der Waals surface area contributed by atoms with Gasteiger partial charge in [0.05, 0.1) is 16.4 Å². The van der Waals surface area contributed by atoms with Gasteiger partial charge in [-0.2, -0.15) is 0 Å². The van der Waals surface area contributed by atoms with Crippen LogP contribution in [0.4, 0.5) is 15.8 Å². The van der Waals surface area contributed by atoms with Gasteiger partial charge in [-0.25, -0.2) is 4.39 Å². The summed E-state index contributed by atoms with van der Waals surface area (Å²) in [5, 5.41) is 2.89. The number of nitrogens with two attached hydrogens (primary N) is 1. The van der Waals surface area contributed by atoms with Crippen LogP contribution in [-0.4, -0.2) is 22.8 Å². The Balaban J connectivity index is 2.69. The molecule has 0 saturated heterocycles. The first-order valence-corrected chi connectivity index (χ1v) is 6.39. The number of halogens is 2. The summed E-state index contributed by atoms with van der Waals surface area (Å²) < 4.78 is 23.8. The fourth-order valence-corrected chi connectivity index (χ4v) is 1.61. The molecule has 3 N–H and O–H groups in total. The van der Waals surface area contributed by atoms with Crippen molar-refractivity contribution in [2.24, 2.45) is 0 Å². The lowest BCUT2D eigenvalue weighted by molar-refractivity contribution is 0.629. The number of nitrogen functional groups attached to an aromatic ring is 1. The van der Waals surface area contributed by atoms with Gasteiger partial charge < -0.3 is 11.1 Å². The molecule has 0 aliphatic rings. The predicted molar refractivity (Wildman–Crippen MR) is 63.2 cm³/mol. The molecule has 3 nitrogen and oxygen atoms in total. The zero-order valence-corrected chi connectivity index (χ0v) is 9.79. The molecule has 15 heavy (non-hydrogen) atoms. The van der Waals surface area contributed by atoms with E-state index in [2.05, 4.69) is 5.32 Å². The third-order valence-electron chi connectivity index (χ3n) is 1.80. The summed E-state index contributed by atoms with van der Waals surface area (Å²) in [4.78, 5) is 0. The molecule has 0 heterocycles. The first-order chi connectivity index (χ1) is 7.00. The Morgan fingerprint density at radius 3 is 2.87 bits per heavy atom. The van der Waals surface area contributed by atoms with Crippen LogP contribution in [0.5, 0.6) is 0 Å². The lowest BCUT2D eigenvalue weighted by atomic mass is 10.2. The topological polar surface area (TPSA) is 55.1 Å². The summed E-state index contributed by atoms with van der Waals surface area (Å²) in [6, 6.07) is 2.58. The number of nitrogens with one attached hydrogen (secondary N) is 1. The second-order valence-electron chi connectivity index (χ2n) is 3.06. The Morgan fingerprint density at radius 1 is 1.60 bits per heavy atom. The molecule has 1 unspecified atom stereocenters.